The number of carbonyl (C=O) groups is 2. The molecule has 0 bridgehead atoms. The SMILES string of the molecule is COc1ccc(OCCCC(=O)Nc2ccc3c(c2)N(CCOc2ccccc2)C(=O)C(C)O3)cc1. The monoisotopic (exact) mass is 490 g/mol. The first-order chi connectivity index (χ1) is 17.5. The number of nitrogens with zero attached hydrogens (tertiary/aromatic N) is 1. The number of para-hydroxylation sites is 1. The van der Waals surface area contributed by atoms with E-state index in [9.17, 15) is 9.59 Å². The molecule has 0 aromatic heterocycles. The molecule has 3 aromatic carbocycles. The molecule has 1 unspecified atom stereocenters. The van der Waals surface area contributed by atoms with Crippen LogP contribution in [0.3, 0.4) is 0 Å². The van der Waals surface area contributed by atoms with Crippen LogP contribution < -0.4 is 29.2 Å². The van der Waals surface area contributed by atoms with E-state index in [1.807, 2.05) is 54.6 Å². The van der Waals surface area contributed by atoms with Gasteiger partial charge in [0.2, 0.25) is 5.91 Å². The van der Waals surface area contributed by atoms with Gasteiger partial charge in [-0.3, -0.25) is 9.59 Å². The second kappa shape index (κ2) is 12.0. The van der Waals surface area contributed by atoms with E-state index >= 15 is 0 Å². The number of carbonyl (C=O) groups excluding carboxylic acids is 2. The average molecular weight is 491 g/mol. The third-order valence-electron chi connectivity index (χ3n) is 5.65. The lowest BCUT2D eigenvalue weighted by Gasteiger charge is -2.33. The molecule has 1 heterocycles. The van der Waals surface area contributed by atoms with Crippen LogP contribution in [0.25, 0.3) is 0 Å². The third-order valence-corrected chi connectivity index (χ3v) is 5.65. The molecule has 0 spiro atoms. The Labute approximate surface area is 210 Å². The summed E-state index contributed by atoms with van der Waals surface area (Å²) < 4.78 is 22.4. The first-order valence-corrected chi connectivity index (χ1v) is 11.9. The van der Waals surface area contributed by atoms with E-state index in [0.717, 1.165) is 17.2 Å². The maximum atomic E-state index is 12.8. The maximum absolute atomic E-state index is 12.8. The fourth-order valence-corrected chi connectivity index (χ4v) is 3.81. The van der Waals surface area contributed by atoms with Gasteiger partial charge in [-0.2, -0.15) is 0 Å². The highest BCUT2D eigenvalue weighted by Crippen LogP contribution is 2.36. The van der Waals surface area contributed by atoms with Gasteiger partial charge in [-0.25, -0.2) is 0 Å². The van der Waals surface area contributed by atoms with Crippen LogP contribution >= 0.6 is 0 Å². The lowest BCUT2D eigenvalue weighted by molar-refractivity contribution is -0.125. The van der Waals surface area contributed by atoms with Crippen LogP contribution in [0.2, 0.25) is 0 Å². The van der Waals surface area contributed by atoms with Gasteiger partial charge >= 0.3 is 0 Å². The van der Waals surface area contributed by atoms with Gasteiger partial charge in [-0.15, -0.1) is 0 Å². The largest absolute Gasteiger partial charge is 0.497 e. The van der Waals surface area contributed by atoms with Crippen molar-refractivity contribution in [3.05, 3.63) is 72.8 Å². The number of hydrogen-bond acceptors (Lipinski definition) is 6. The summed E-state index contributed by atoms with van der Waals surface area (Å²) in [5.41, 5.74) is 1.20. The lowest BCUT2D eigenvalue weighted by Crippen LogP contribution is -2.46. The average Bonchev–Trinajstić information content (AvgIpc) is 2.90. The predicted molar refractivity (Wildman–Crippen MR) is 137 cm³/mol. The van der Waals surface area contributed by atoms with Gasteiger partial charge in [-0.1, -0.05) is 18.2 Å². The second-order valence-corrected chi connectivity index (χ2v) is 8.27. The van der Waals surface area contributed by atoms with Crippen LogP contribution in [0.1, 0.15) is 19.8 Å². The molecule has 0 radical (unpaired) electrons. The van der Waals surface area contributed by atoms with Crippen LogP contribution in [0.4, 0.5) is 11.4 Å². The molecule has 188 valence electrons. The van der Waals surface area contributed by atoms with Gasteiger partial charge in [0, 0.05) is 12.1 Å². The number of nitrogens with one attached hydrogen (secondary N) is 1. The Morgan fingerprint density at radius 2 is 1.64 bits per heavy atom. The zero-order valence-corrected chi connectivity index (χ0v) is 20.4. The molecule has 1 aliphatic rings. The summed E-state index contributed by atoms with van der Waals surface area (Å²) >= 11 is 0. The van der Waals surface area contributed by atoms with E-state index in [0.29, 0.717) is 49.7 Å². The van der Waals surface area contributed by atoms with Crippen molar-refractivity contribution in [2.45, 2.75) is 25.9 Å². The van der Waals surface area contributed by atoms with E-state index in [-0.39, 0.29) is 11.8 Å². The van der Waals surface area contributed by atoms with Crippen LogP contribution in [0.15, 0.2) is 72.8 Å². The Morgan fingerprint density at radius 1 is 0.944 bits per heavy atom. The van der Waals surface area contributed by atoms with Gasteiger partial charge in [0.05, 0.1) is 25.9 Å². The topological polar surface area (TPSA) is 86.3 Å². The molecule has 0 saturated heterocycles. The molecular weight excluding hydrogens is 460 g/mol. The van der Waals surface area contributed by atoms with Gasteiger partial charge in [-0.05, 0) is 67.9 Å². The number of benzene rings is 3. The minimum absolute atomic E-state index is 0.135. The van der Waals surface area contributed by atoms with E-state index in [2.05, 4.69) is 5.32 Å². The molecule has 4 rings (SSSR count). The molecule has 0 aliphatic carbocycles. The third kappa shape index (κ3) is 6.47. The summed E-state index contributed by atoms with van der Waals surface area (Å²) in [7, 11) is 1.61. The summed E-state index contributed by atoms with van der Waals surface area (Å²) in [5.74, 6) is 2.52. The zero-order valence-electron chi connectivity index (χ0n) is 20.4. The predicted octanol–water partition coefficient (Wildman–Crippen LogP) is 4.69. The Balaban J connectivity index is 1.31. The van der Waals surface area contributed by atoms with Crippen molar-refractivity contribution in [3.8, 4) is 23.0 Å². The van der Waals surface area contributed by atoms with E-state index in [1.165, 1.54) is 0 Å². The van der Waals surface area contributed by atoms with E-state index in [4.69, 9.17) is 18.9 Å². The number of amides is 2. The standard InChI is InChI=1S/C28H30N2O6/c1-20-28(32)30(16-18-35-23-7-4-3-5-8-23)25-19-21(10-15-26(25)36-20)29-27(31)9-6-17-34-24-13-11-22(33-2)12-14-24/h3-5,7-8,10-15,19-20H,6,9,16-18H2,1-2H3,(H,29,31). The number of methoxy groups -OCH3 is 1. The highest BCUT2D eigenvalue weighted by atomic mass is 16.5. The van der Waals surface area contributed by atoms with Crippen molar-refractivity contribution in [1.29, 1.82) is 0 Å². The molecule has 36 heavy (non-hydrogen) atoms. The van der Waals surface area contributed by atoms with Crippen LogP contribution in [-0.4, -0.2) is 44.8 Å². The van der Waals surface area contributed by atoms with Crippen LogP contribution in [0.5, 0.6) is 23.0 Å². The summed E-state index contributed by atoms with van der Waals surface area (Å²) in [6.45, 7) is 2.82. The Kier molecular flexibility index (Phi) is 8.28. The van der Waals surface area contributed by atoms with Crippen molar-refractivity contribution >= 4 is 23.2 Å². The Bertz CT molecular complexity index is 1170. The van der Waals surface area contributed by atoms with Crippen molar-refractivity contribution in [2.75, 3.05) is 37.1 Å². The molecule has 3 aromatic rings. The summed E-state index contributed by atoms with van der Waals surface area (Å²) in [5, 5.41) is 2.90. The molecule has 1 N–H and O–H groups in total. The highest BCUT2D eigenvalue weighted by molar-refractivity contribution is 6.01. The fraction of sp³-hybridized carbons (Fsp3) is 0.286. The Morgan fingerprint density at radius 3 is 2.39 bits per heavy atom. The normalized spacial score (nSPS) is 14.4. The maximum Gasteiger partial charge on any atom is 0.267 e. The smallest absolute Gasteiger partial charge is 0.267 e. The first kappa shape index (κ1) is 24.9. The molecule has 0 saturated carbocycles. The van der Waals surface area contributed by atoms with Crippen molar-refractivity contribution < 1.29 is 28.5 Å². The molecule has 2 amide bonds. The second-order valence-electron chi connectivity index (χ2n) is 8.27. The molecule has 0 fully saturated rings. The summed E-state index contributed by atoms with van der Waals surface area (Å²) in [4.78, 5) is 27.0. The molecule has 8 heteroatoms. The zero-order chi connectivity index (χ0) is 25.3. The van der Waals surface area contributed by atoms with Crippen molar-refractivity contribution in [3.63, 3.8) is 0 Å². The quantitative estimate of drug-likeness (QED) is 0.393. The number of anilines is 2. The number of ether oxygens (including phenoxy) is 4. The number of fused-ring (bicyclic) bond motifs is 1. The van der Waals surface area contributed by atoms with Crippen molar-refractivity contribution in [2.24, 2.45) is 0 Å². The van der Waals surface area contributed by atoms with E-state index in [1.54, 1.807) is 37.1 Å². The number of hydrogen-bond donors (Lipinski definition) is 1. The minimum atomic E-state index is -0.597. The lowest BCUT2D eigenvalue weighted by atomic mass is 10.1. The molecule has 1 atom stereocenters. The first-order valence-electron chi connectivity index (χ1n) is 11.9. The van der Waals surface area contributed by atoms with Gasteiger partial charge in [0.15, 0.2) is 6.10 Å². The van der Waals surface area contributed by atoms with Gasteiger partial charge in [0.25, 0.3) is 5.91 Å². The van der Waals surface area contributed by atoms with Crippen LogP contribution in [-0.2, 0) is 9.59 Å². The Hall–Kier alpha value is -4.20. The van der Waals surface area contributed by atoms with Gasteiger partial charge < -0.3 is 29.2 Å². The molecule has 8 nitrogen and oxygen atoms in total. The minimum Gasteiger partial charge on any atom is -0.497 e. The summed E-state index contributed by atoms with van der Waals surface area (Å²) in [6, 6.07) is 22.0. The van der Waals surface area contributed by atoms with Crippen LogP contribution in [0, 0.1) is 0 Å². The van der Waals surface area contributed by atoms with Crippen molar-refractivity contribution in [1.82, 2.24) is 0 Å². The highest BCUT2D eigenvalue weighted by Gasteiger charge is 2.31. The fourth-order valence-electron chi connectivity index (χ4n) is 3.81. The number of rotatable bonds is 11. The van der Waals surface area contributed by atoms with E-state index < -0.39 is 6.10 Å². The molecule has 1 aliphatic heterocycles. The summed E-state index contributed by atoms with van der Waals surface area (Å²) in [6.07, 6.45) is 0.263. The molecular formula is C28H30N2O6. The van der Waals surface area contributed by atoms with Gasteiger partial charge in [0.1, 0.15) is 29.6 Å².